The fourth-order valence-corrected chi connectivity index (χ4v) is 3.90. The lowest BCUT2D eigenvalue weighted by atomic mass is 10.1. The topological polar surface area (TPSA) is 93.8 Å². The maximum absolute atomic E-state index is 12.8. The van der Waals surface area contributed by atoms with E-state index in [0.717, 1.165) is 17.1 Å². The van der Waals surface area contributed by atoms with Crippen molar-refractivity contribution >= 4 is 23.2 Å². The van der Waals surface area contributed by atoms with E-state index < -0.39 is 0 Å². The largest absolute Gasteiger partial charge is 0.387 e. The van der Waals surface area contributed by atoms with Crippen molar-refractivity contribution in [2.24, 2.45) is 0 Å². The normalized spacial score (nSPS) is 15.9. The van der Waals surface area contributed by atoms with Gasteiger partial charge >= 0.3 is 5.69 Å². The van der Waals surface area contributed by atoms with Crippen molar-refractivity contribution in [1.82, 2.24) is 24.6 Å². The Kier molecular flexibility index (Phi) is 5.85. The number of aryl methyl sites for hydroxylation is 1. The van der Waals surface area contributed by atoms with Crippen LogP contribution in [0, 0.1) is 0 Å². The maximum Gasteiger partial charge on any atom is 0.346 e. The number of carbonyl (C=O) groups is 1. The predicted molar refractivity (Wildman–Crippen MR) is 115 cm³/mol. The zero-order chi connectivity index (χ0) is 21.1. The number of hydrogen-bond acceptors (Lipinski definition) is 5. The van der Waals surface area contributed by atoms with Gasteiger partial charge in [-0.3, -0.25) is 14.3 Å². The van der Waals surface area contributed by atoms with E-state index in [0.29, 0.717) is 42.9 Å². The van der Waals surface area contributed by atoms with Gasteiger partial charge in [-0.15, -0.1) is 0 Å². The Labute approximate surface area is 178 Å². The summed E-state index contributed by atoms with van der Waals surface area (Å²) in [6.45, 7) is 0.912. The number of pyridine rings is 1. The smallest absolute Gasteiger partial charge is 0.346 e. The molecule has 1 aliphatic heterocycles. The molecular formula is C21H23ClN6O2. The molecule has 0 spiro atoms. The third kappa shape index (κ3) is 4.23. The van der Waals surface area contributed by atoms with Crippen molar-refractivity contribution in [2.75, 3.05) is 12.4 Å². The molecule has 8 nitrogen and oxygen atoms in total. The minimum Gasteiger partial charge on any atom is -0.387 e. The van der Waals surface area contributed by atoms with Crippen LogP contribution in [0.1, 0.15) is 34.6 Å². The number of amides is 1. The van der Waals surface area contributed by atoms with E-state index in [2.05, 4.69) is 20.7 Å². The second-order valence-electron chi connectivity index (χ2n) is 7.31. The van der Waals surface area contributed by atoms with Gasteiger partial charge in [0.15, 0.2) is 0 Å². The summed E-state index contributed by atoms with van der Waals surface area (Å²) >= 11 is 6.06. The monoisotopic (exact) mass is 426 g/mol. The highest BCUT2D eigenvalue weighted by atomic mass is 35.5. The van der Waals surface area contributed by atoms with Gasteiger partial charge in [-0.2, -0.15) is 5.10 Å². The van der Waals surface area contributed by atoms with Crippen molar-refractivity contribution in [3.63, 3.8) is 0 Å². The van der Waals surface area contributed by atoms with Crippen LogP contribution in [-0.2, 0) is 19.5 Å². The number of hydrogen-bond donors (Lipinski definition) is 2. The van der Waals surface area contributed by atoms with Crippen LogP contribution in [0.2, 0.25) is 5.02 Å². The predicted octanol–water partition coefficient (Wildman–Crippen LogP) is 2.32. The fraction of sp³-hybridized carbons (Fsp3) is 0.333. The molecule has 0 aliphatic carbocycles. The summed E-state index contributed by atoms with van der Waals surface area (Å²) in [6.07, 6.45) is 5.43. The van der Waals surface area contributed by atoms with Crippen LogP contribution in [-0.4, -0.2) is 38.3 Å². The number of nitrogens with zero attached hydrogens (tertiary/aromatic N) is 4. The van der Waals surface area contributed by atoms with Gasteiger partial charge in [-0.05, 0) is 42.7 Å². The van der Waals surface area contributed by atoms with Gasteiger partial charge in [0.25, 0.3) is 5.91 Å². The Bertz CT molecular complexity index is 1110. The van der Waals surface area contributed by atoms with Crippen LogP contribution < -0.4 is 16.3 Å². The number of carbonyl (C=O) groups excluding carboxylic acids is 1. The molecule has 156 valence electrons. The third-order valence-electron chi connectivity index (χ3n) is 5.30. The van der Waals surface area contributed by atoms with Crippen molar-refractivity contribution in [2.45, 2.75) is 38.4 Å². The van der Waals surface area contributed by atoms with Gasteiger partial charge in [-0.25, -0.2) is 9.48 Å². The molecule has 3 heterocycles. The summed E-state index contributed by atoms with van der Waals surface area (Å²) in [5, 5.41) is 11.1. The summed E-state index contributed by atoms with van der Waals surface area (Å²) in [4.78, 5) is 29.6. The number of rotatable bonds is 5. The van der Waals surface area contributed by atoms with E-state index in [4.69, 9.17) is 11.6 Å². The molecule has 0 radical (unpaired) electrons. The number of fused-ring (bicyclic) bond motifs is 1. The van der Waals surface area contributed by atoms with Gasteiger partial charge in [0.1, 0.15) is 5.82 Å². The standard InChI is InChI=1S/C21H23ClN6O2/c1-23-18-6-4-15(22)11-17(18)20(29)25-16-5-7-19-26-28(21(30)27(19)10-8-16)13-14-3-2-9-24-12-14/h2-4,6,9,11-12,16,23H,5,7-8,10,13H2,1H3,(H,25,29). The van der Waals surface area contributed by atoms with E-state index in [-0.39, 0.29) is 17.6 Å². The van der Waals surface area contributed by atoms with Crippen molar-refractivity contribution < 1.29 is 4.79 Å². The van der Waals surface area contributed by atoms with Gasteiger partial charge in [0, 0.05) is 49.2 Å². The Morgan fingerprint density at radius 2 is 2.17 bits per heavy atom. The molecule has 1 atom stereocenters. The molecular weight excluding hydrogens is 404 g/mol. The van der Waals surface area contributed by atoms with Crippen molar-refractivity contribution in [3.05, 3.63) is 75.2 Å². The minimum atomic E-state index is -0.180. The zero-order valence-electron chi connectivity index (χ0n) is 16.6. The fourth-order valence-electron chi connectivity index (χ4n) is 3.73. The third-order valence-corrected chi connectivity index (χ3v) is 5.54. The average molecular weight is 427 g/mol. The molecule has 2 aromatic heterocycles. The first-order valence-corrected chi connectivity index (χ1v) is 10.3. The molecule has 0 saturated carbocycles. The SMILES string of the molecule is CNc1ccc(Cl)cc1C(=O)NC1CCc2nn(Cc3cccnc3)c(=O)n2CC1. The molecule has 1 aromatic carbocycles. The first-order chi connectivity index (χ1) is 14.5. The quantitative estimate of drug-likeness (QED) is 0.653. The van der Waals surface area contributed by atoms with Crippen molar-refractivity contribution in [3.8, 4) is 0 Å². The summed E-state index contributed by atoms with van der Waals surface area (Å²) in [7, 11) is 1.77. The number of nitrogens with one attached hydrogen (secondary N) is 2. The first-order valence-electron chi connectivity index (χ1n) is 9.88. The number of aromatic nitrogens is 4. The molecule has 2 N–H and O–H groups in total. The molecule has 0 fully saturated rings. The van der Waals surface area contributed by atoms with E-state index in [1.807, 2.05) is 12.1 Å². The first kappa shape index (κ1) is 20.2. The van der Waals surface area contributed by atoms with Crippen LogP contribution in [0.3, 0.4) is 0 Å². The second-order valence-corrected chi connectivity index (χ2v) is 7.74. The molecule has 0 saturated heterocycles. The Morgan fingerprint density at radius 3 is 2.93 bits per heavy atom. The molecule has 1 aliphatic rings. The summed E-state index contributed by atoms with van der Waals surface area (Å²) < 4.78 is 3.19. The lowest BCUT2D eigenvalue weighted by Gasteiger charge is -2.17. The highest BCUT2D eigenvalue weighted by Gasteiger charge is 2.23. The lowest BCUT2D eigenvalue weighted by Crippen LogP contribution is -2.36. The Morgan fingerprint density at radius 1 is 1.30 bits per heavy atom. The van der Waals surface area contributed by atoms with Gasteiger partial charge in [0.05, 0.1) is 12.1 Å². The molecule has 9 heteroatoms. The highest BCUT2D eigenvalue weighted by molar-refractivity contribution is 6.31. The molecule has 1 unspecified atom stereocenters. The average Bonchev–Trinajstić information content (AvgIpc) is 2.91. The second kappa shape index (κ2) is 8.71. The molecule has 30 heavy (non-hydrogen) atoms. The molecule has 0 bridgehead atoms. The Balaban J connectivity index is 1.45. The van der Waals surface area contributed by atoms with E-state index in [1.54, 1.807) is 42.2 Å². The lowest BCUT2D eigenvalue weighted by molar-refractivity contribution is 0.0933. The van der Waals surface area contributed by atoms with Crippen LogP contribution in [0.25, 0.3) is 0 Å². The molecule has 1 amide bonds. The van der Waals surface area contributed by atoms with Crippen LogP contribution in [0.4, 0.5) is 5.69 Å². The summed E-state index contributed by atoms with van der Waals surface area (Å²) in [6, 6.07) is 8.89. The van der Waals surface area contributed by atoms with Crippen LogP contribution in [0.15, 0.2) is 47.5 Å². The van der Waals surface area contributed by atoms with E-state index in [9.17, 15) is 9.59 Å². The number of halogens is 1. The summed E-state index contributed by atoms with van der Waals surface area (Å²) in [5.74, 6) is 0.569. The van der Waals surface area contributed by atoms with E-state index >= 15 is 0 Å². The summed E-state index contributed by atoms with van der Waals surface area (Å²) in [5.41, 5.74) is 2.02. The minimum absolute atomic E-state index is 0.0472. The number of benzene rings is 1. The van der Waals surface area contributed by atoms with Crippen LogP contribution >= 0.6 is 11.6 Å². The van der Waals surface area contributed by atoms with Gasteiger partial charge in [-0.1, -0.05) is 17.7 Å². The molecule has 3 aromatic rings. The van der Waals surface area contributed by atoms with Crippen LogP contribution in [0.5, 0.6) is 0 Å². The maximum atomic E-state index is 12.8. The van der Waals surface area contributed by atoms with Gasteiger partial charge < -0.3 is 10.6 Å². The molecule has 4 rings (SSSR count). The zero-order valence-corrected chi connectivity index (χ0v) is 17.4. The Hall–Kier alpha value is -3.13. The highest BCUT2D eigenvalue weighted by Crippen LogP contribution is 2.21. The number of anilines is 1. The van der Waals surface area contributed by atoms with Crippen molar-refractivity contribution in [1.29, 1.82) is 0 Å². The van der Waals surface area contributed by atoms with Gasteiger partial charge in [0.2, 0.25) is 0 Å². The van der Waals surface area contributed by atoms with E-state index in [1.165, 1.54) is 4.68 Å².